The molecule has 1 aliphatic rings. The Morgan fingerprint density at radius 3 is 3.00 bits per heavy atom. The first kappa shape index (κ1) is 15.1. The third kappa shape index (κ3) is 3.41. The van der Waals surface area contributed by atoms with E-state index in [1.807, 2.05) is 34.8 Å². The van der Waals surface area contributed by atoms with Gasteiger partial charge >= 0.3 is 0 Å². The fourth-order valence-electron chi connectivity index (χ4n) is 2.82. The molecule has 0 bridgehead atoms. The number of hydrogen-bond donors (Lipinski definition) is 0. The van der Waals surface area contributed by atoms with E-state index in [4.69, 9.17) is 4.74 Å². The van der Waals surface area contributed by atoms with Crippen molar-refractivity contribution in [1.82, 2.24) is 14.4 Å². The number of rotatable bonds is 6. The Morgan fingerprint density at radius 1 is 1.55 bits per heavy atom. The van der Waals surface area contributed by atoms with E-state index < -0.39 is 0 Å². The standard InChI is InChI=1S/C15H25N3O2/c1-16(10-11-20-3)12-13-6-4-9-18(13)15(19)14-7-5-8-17(14)2/h5,7-8,13H,4,6,9-12H2,1-3H3/t13-/m0/s1. The molecule has 0 spiro atoms. The lowest BCUT2D eigenvalue weighted by Gasteiger charge is -2.28. The van der Waals surface area contributed by atoms with Gasteiger partial charge in [0, 0.05) is 46.0 Å². The minimum atomic E-state index is 0.153. The van der Waals surface area contributed by atoms with E-state index in [0.717, 1.165) is 44.8 Å². The summed E-state index contributed by atoms with van der Waals surface area (Å²) in [6.45, 7) is 3.42. The number of carbonyl (C=O) groups excluding carboxylic acids is 1. The van der Waals surface area contributed by atoms with Gasteiger partial charge in [-0.15, -0.1) is 0 Å². The van der Waals surface area contributed by atoms with Crippen LogP contribution in [0.4, 0.5) is 0 Å². The molecule has 1 aromatic heterocycles. The zero-order valence-electron chi connectivity index (χ0n) is 12.7. The van der Waals surface area contributed by atoms with Gasteiger partial charge in [-0.25, -0.2) is 0 Å². The summed E-state index contributed by atoms with van der Waals surface area (Å²) in [6.07, 6.45) is 4.11. The Balaban J connectivity index is 1.97. The topological polar surface area (TPSA) is 37.7 Å². The zero-order chi connectivity index (χ0) is 14.5. The summed E-state index contributed by atoms with van der Waals surface area (Å²) in [5.41, 5.74) is 0.774. The molecule has 2 rings (SSSR count). The third-order valence-corrected chi connectivity index (χ3v) is 4.00. The van der Waals surface area contributed by atoms with Crippen molar-refractivity contribution in [3.63, 3.8) is 0 Å². The predicted octanol–water partition coefficient (Wildman–Crippen LogP) is 1.21. The molecule has 0 saturated carbocycles. The highest BCUT2D eigenvalue weighted by molar-refractivity contribution is 5.93. The smallest absolute Gasteiger partial charge is 0.270 e. The predicted molar refractivity (Wildman–Crippen MR) is 78.8 cm³/mol. The molecular weight excluding hydrogens is 254 g/mol. The highest BCUT2D eigenvalue weighted by Crippen LogP contribution is 2.20. The zero-order valence-corrected chi connectivity index (χ0v) is 12.7. The van der Waals surface area contributed by atoms with Gasteiger partial charge in [0.15, 0.2) is 0 Å². The Kier molecular flexibility index (Phi) is 5.20. The number of methoxy groups -OCH3 is 1. The van der Waals surface area contributed by atoms with E-state index in [9.17, 15) is 4.79 Å². The largest absolute Gasteiger partial charge is 0.383 e. The van der Waals surface area contributed by atoms with Crippen molar-refractivity contribution in [3.05, 3.63) is 24.0 Å². The van der Waals surface area contributed by atoms with Gasteiger partial charge in [-0.2, -0.15) is 0 Å². The lowest BCUT2D eigenvalue weighted by Crippen LogP contribution is -2.43. The lowest BCUT2D eigenvalue weighted by molar-refractivity contribution is 0.0688. The highest BCUT2D eigenvalue weighted by atomic mass is 16.5. The second-order valence-electron chi connectivity index (χ2n) is 5.55. The second-order valence-corrected chi connectivity index (χ2v) is 5.55. The van der Waals surface area contributed by atoms with Gasteiger partial charge < -0.3 is 19.1 Å². The molecule has 1 atom stereocenters. The van der Waals surface area contributed by atoms with Gasteiger partial charge in [-0.3, -0.25) is 4.79 Å². The first-order valence-electron chi connectivity index (χ1n) is 7.23. The average Bonchev–Trinajstić information content (AvgIpc) is 3.04. The molecule has 20 heavy (non-hydrogen) atoms. The number of likely N-dealkylation sites (tertiary alicyclic amines) is 1. The van der Waals surface area contributed by atoms with Crippen LogP contribution in [0.3, 0.4) is 0 Å². The van der Waals surface area contributed by atoms with Crippen LogP contribution >= 0.6 is 0 Å². The van der Waals surface area contributed by atoms with Crippen molar-refractivity contribution in [3.8, 4) is 0 Å². The van der Waals surface area contributed by atoms with Crippen LogP contribution in [0.25, 0.3) is 0 Å². The molecule has 1 aliphatic heterocycles. The van der Waals surface area contributed by atoms with Gasteiger partial charge in [0.05, 0.1) is 6.61 Å². The lowest BCUT2D eigenvalue weighted by atomic mass is 10.2. The normalized spacial score (nSPS) is 19.0. The van der Waals surface area contributed by atoms with Crippen LogP contribution in [0.2, 0.25) is 0 Å². The van der Waals surface area contributed by atoms with Crippen molar-refractivity contribution in [2.75, 3.05) is 40.4 Å². The van der Waals surface area contributed by atoms with Gasteiger partial charge in [0.2, 0.25) is 0 Å². The summed E-state index contributed by atoms with van der Waals surface area (Å²) in [5, 5.41) is 0. The van der Waals surface area contributed by atoms with Crippen LogP contribution in [0.5, 0.6) is 0 Å². The fourth-order valence-corrected chi connectivity index (χ4v) is 2.82. The molecule has 1 saturated heterocycles. The summed E-state index contributed by atoms with van der Waals surface area (Å²) in [4.78, 5) is 16.9. The van der Waals surface area contributed by atoms with Crippen LogP contribution in [0.15, 0.2) is 18.3 Å². The average molecular weight is 279 g/mol. The van der Waals surface area contributed by atoms with Crippen LogP contribution in [0.1, 0.15) is 23.3 Å². The van der Waals surface area contributed by atoms with Gasteiger partial charge in [-0.05, 0) is 32.0 Å². The Bertz CT molecular complexity index is 444. The van der Waals surface area contributed by atoms with Crippen molar-refractivity contribution < 1.29 is 9.53 Å². The summed E-state index contributed by atoms with van der Waals surface area (Å²) in [6, 6.07) is 4.13. The maximum Gasteiger partial charge on any atom is 0.270 e. The van der Waals surface area contributed by atoms with Crippen LogP contribution in [0, 0.1) is 0 Å². The summed E-state index contributed by atoms with van der Waals surface area (Å²) in [5.74, 6) is 0.153. The first-order valence-corrected chi connectivity index (χ1v) is 7.23. The summed E-state index contributed by atoms with van der Waals surface area (Å²) in [7, 11) is 5.72. The number of carbonyl (C=O) groups is 1. The number of likely N-dealkylation sites (N-methyl/N-ethyl adjacent to an activating group) is 1. The van der Waals surface area contributed by atoms with Gasteiger partial charge in [-0.1, -0.05) is 0 Å². The molecule has 0 aromatic carbocycles. The van der Waals surface area contributed by atoms with E-state index in [2.05, 4.69) is 11.9 Å². The molecule has 0 N–H and O–H groups in total. The molecule has 5 nitrogen and oxygen atoms in total. The van der Waals surface area contributed by atoms with E-state index in [-0.39, 0.29) is 5.91 Å². The SMILES string of the molecule is COCCN(C)C[C@@H]1CCCN1C(=O)c1cccn1C. The number of aryl methyl sites for hydroxylation is 1. The molecule has 0 unspecified atom stereocenters. The van der Waals surface area contributed by atoms with Crippen molar-refractivity contribution >= 4 is 5.91 Å². The van der Waals surface area contributed by atoms with E-state index in [0.29, 0.717) is 6.04 Å². The van der Waals surface area contributed by atoms with E-state index in [1.54, 1.807) is 7.11 Å². The van der Waals surface area contributed by atoms with Gasteiger partial charge in [0.1, 0.15) is 5.69 Å². The monoisotopic (exact) mass is 279 g/mol. The van der Waals surface area contributed by atoms with Crippen molar-refractivity contribution in [2.24, 2.45) is 7.05 Å². The molecule has 1 fully saturated rings. The maximum atomic E-state index is 12.6. The molecule has 1 aromatic rings. The Labute approximate surface area is 121 Å². The summed E-state index contributed by atoms with van der Waals surface area (Å²) >= 11 is 0. The number of hydrogen-bond acceptors (Lipinski definition) is 3. The minimum absolute atomic E-state index is 0.153. The van der Waals surface area contributed by atoms with Crippen LogP contribution < -0.4 is 0 Å². The Hall–Kier alpha value is -1.33. The number of amides is 1. The van der Waals surface area contributed by atoms with E-state index >= 15 is 0 Å². The molecule has 2 heterocycles. The fraction of sp³-hybridized carbons (Fsp3) is 0.667. The quantitative estimate of drug-likeness (QED) is 0.785. The molecule has 0 aliphatic carbocycles. The number of aromatic nitrogens is 1. The van der Waals surface area contributed by atoms with Crippen molar-refractivity contribution in [2.45, 2.75) is 18.9 Å². The second kappa shape index (κ2) is 6.90. The first-order chi connectivity index (χ1) is 9.63. The third-order valence-electron chi connectivity index (χ3n) is 4.00. The van der Waals surface area contributed by atoms with Crippen LogP contribution in [-0.4, -0.2) is 66.7 Å². The number of ether oxygens (including phenoxy) is 1. The minimum Gasteiger partial charge on any atom is -0.383 e. The molecule has 112 valence electrons. The summed E-state index contributed by atoms with van der Waals surface area (Å²) < 4.78 is 7.00. The maximum absolute atomic E-state index is 12.6. The van der Waals surface area contributed by atoms with Crippen molar-refractivity contribution in [1.29, 1.82) is 0 Å². The van der Waals surface area contributed by atoms with Gasteiger partial charge in [0.25, 0.3) is 5.91 Å². The molecule has 0 radical (unpaired) electrons. The highest BCUT2D eigenvalue weighted by Gasteiger charge is 2.30. The molecule has 1 amide bonds. The Morgan fingerprint density at radius 2 is 2.35 bits per heavy atom. The van der Waals surface area contributed by atoms with E-state index in [1.165, 1.54) is 0 Å². The molecular formula is C15H25N3O2. The molecule has 5 heteroatoms. The number of nitrogens with zero attached hydrogens (tertiary/aromatic N) is 3. The van der Waals surface area contributed by atoms with Crippen LogP contribution in [-0.2, 0) is 11.8 Å².